The number of nitrogens with zero attached hydrogens (tertiary/aromatic N) is 1. The van der Waals surface area contributed by atoms with Gasteiger partial charge in [0.25, 0.3) is 0 Å². The second-order valence-electron chi connectivity index (χ2n) is 5.09. The van der Waals surface area contributed by atoms with E-state index in [9.17, 15) is 0 Å². The molecule has 2 N–H and O–H groups in total. The van der Waals surface area contributed by atoms with Crippen molar-refractivity contribution in [3.63, 3.8) is 0 Å². The minimum Gasteiger partial charge on any atom is -0.326 e. The summed E-state index contributed by atoms with van der Waals surface area (Å²) < 4.78 is 0. The molecular formula is C12H28N2S. The molecule has 92 valence electrons. The van der Waals surface area contributed by atoms with E-state index in [4.69, 9.17) is 5.73 Å². The van der Waals surface area contributed by atoms with E-state index in [1.54, 1.807) is 0 Å². The van der Waals surface area contributed by atoms with E-state index in [0.29, 0.717) is 0 Å². The normalized spacial score (nSPS) is 14.6. The van der Waals surface area contributed by atoms with Crippen LogP contribution in [0.4, 0.5) is 0 Å². The van der Waals surface area contributed by atoms with E-state index in [1.165, 1.54) is 25.1 Å². The Hall–Kier alpha value is 0.270. The maximum absolute atomic E-state index is 5.97. The minimum absolute atomic E-state index is 0.0118. The van der Waals surface area contributed by atoms with Gasteiger partial charge in [0, 0.05) is 17.3 Å². The van der Waals surface area contributed by atoms with Gasteiger partial charge in [-0.3, -0.25) is 0 Å². The Balaban J connectivity index is 3.75. The average Bonchev–Trinajstić information content (AvgIpc) is 2.11. The molecule has 0 fully saturated rings. The van der Waals surface area contributed by atoms with Crippen molar-refractivity contribution in [1.82, 2.24) is 4.90 Å². The lowest BCUT2D eigenvalue weighted by Gasteiger charge is -2.28. The molecule has 0 saturated heterocycles. The molecule has 0 aromatic rings. The zero-order chi connectivity index (χ0) is 11.9. The largest absolute Gasteiger partial charge is 0.326 e. The number of hydrogen-bond acceptors (Lipinski definition) is 3. The molecule has 0 heterocycles. The second kappa shape index (κ2) is 7.53. The zero-order valence-electron chi connectivity index (χ0n) is 11.0. The van der Waals surface area contributed by atoms with Gasteiger partial charge in [-0.05, 0) is 53.0 Å². The van der Waals surface area contributed by atoms with Crippen molar-refractivity contribution in [3.8, 4) is 0 Å². The van der Waals surface area contributed by atoms with Gasteiger partial charge in [0.15, 0.2) is 0 Å². The summed E-state index contributed by atoms with van der Waals surface area (Å²) in [5, 5.41) is 0. The van der Waals surface area contributed by atoms with Gasteiger partial charge in [-0.2, -0.15) is 11.8 Å². The minimum atomic E-state index is -0.0118. The van der Waals surface area contributed by atoms with Crippen molar-refractivity contribution in [3.05, 3.63) is 0 Å². The fourth-order valence-corrected chi connectivity index (χ4v) is 2.59. The third-order valence-corrected chi connectivity index (χ3v) is 3.50. The molecule has 3 heteroatoms. The summed E-state index contributed by atoms with van der Waals surface area (Å²) in [5.41, 5.74) is 5.95. The molecule has 0 spiro atoms. The van der Waals surface area contributed by atoms with Gasteiger partial charge < -0.3 is 10.6 Å². The van der Waals surface area contributed by atoms with Crippen LogP contribution in [0.2, 0.25) is 0 Å². The smallest absolute Gasteiger partial charge is 0.0180 e. The van der Waals surface area contributed by atoms with E-state index in [0.717, 1.165) is 12.5 Å². The van der Waals surface area contributed by atoms with Crippen LogP contribution < -0.4 is 5.73 Å². The fourth-order valence-electron chi connectivity index (χ4n) is 1.72. The van der Waals surface area contributed by atoms with Gasteiger partial charge >= 0.3 is 0 Å². The number of hydrogen-bond donors (Lipinski definition) is 1. The highest BCUT2D eigenvalue weighted by molar-refractivity contribution is 7.98. The number of thioether (sulfide) groups is 1. The molecule has 0 rings (SSSR count). The van der Waals surface area contributed by atoms with E-state index in [1.807, 2.05) is 11.8 Å². The summed E-state index contributed by atoms with van der Waals surface area (Å²) in [4.78, 5) is 2.47. The van der Waals surface area contributed by atoms with Gasteiger partial charge in [0.05, 0.1) is 0 Å². The summed E-state index contributed by atoms with van der Waals surface area (Å²) in [6, 6.07) is 0.723. The van der Waals surface area contributed by atoms with Crippen LogP contribution in [-0.4, -0.2) is 42.1 Å². The Morgan fingerprint density at radius 3 is 2.40 bits per heavy atom. The van der Waals surface area contributed by atoms with Crippen LogP contribution in [0, 0.1) is 0 Å². The first-order valence-corrected chi connectivity index (χ1v) is 7.28. The van der Waals surface area contributed by atoms with Crippen LogP contribution in [0.5, 0.6) is 0 Å². The molecule has 0 aliphatic carbocycles. The molecular weight excluding hydrogens is 204 g/mol. The summed E-state index contributed by atoms with van der Waals surface area (Å²) in [5.74, 6) is 1.24. The first-order valence-electron chi connectivity index (χ1n) is 5.88. The summed E-state index contributed by atoms with van der Waals surface area (Å²) in [6.45, 7) is 7.64. The van der Waals surface area contributed by atoms with Crippen LogP contribution in [0.3, 0.4) is 0 Å². The molecule has 15 heavy (non-hydrogen) atoms. The van der Waals surface area contributed by atoms with Crippen molar-refractivity contribution in [2.75, 3.05) is 25.6 Å². The lowest BCUT2D eigenvalue weighted by molar-refractivity contribution is 0.243. The van der Waals surface area contributed by atoms with E-state index < -0.39 is 0 Å². The van der Waals surface area contributed by atoms with Crippen LogP contribution in [0.1, 0.15) is 40.0 Å². The zero-order valence-corrected chi connectivity index (χ0v) is 11.9. The average molecular weight is 232 g/mol. The molecule has 1 atom stereocenters. The fraction of sp³-hybridized carbons (Fsp3) is 1.00. The van der Waals surface area contributed by atoms with E-state index in [2.05, 4.69) is 39.0 Å². The molecule has 0 aromatic heterocycles. The first-order chi connectivity index (χ1) is 6.90. The van der Waals surface area contributed by atoms with Crippen LogP contribution >= 0.6 is 11.8 Å². The molecule has 0 saturated carbocycles. The summed E-state index contributed by atoms with van der Waals surface area (Å²) in [7, 11) is 2.23. The predicted octanol–water partition coefficient (Wildman–Crippen LogP) is 2.58. The SMILES string of the molecule is CCC(CSC)N(C)CCCC(C)(C)N. The monoisotopic (exact) mass is 232 g/mol. The highest BCUT2D eigenvalue weighted by atomic mass is 32.2. The van der Waals surface area contributed by atoms with Gasteiger partial charge in [-0.25, -0.2) is 0 Å². The first kappa shape index (κ1) is 15.3. The molecule has 0 radical (unpaired) electrons. The molecule has 0 amide bonds. The van der Waals surface area contributed by atoms with Crippen molar-refractivity contribution in [1.29, 1.82) is 0 Å². The van der Waals surface area contributed by atoms with Crippen molar-refractivity contribution in [2.45, 2.75) is 51.6 Å². The summed E-state index contributed by atoms with van der Waals surface area (Å²) in [6.07, 6.45) is 5.72. The van der Waals surface area contributed by atoms with Crippen LogP contribution in [0.15, 0.2) is 0 Å². The van der Waals surface area contributed by atoms with Gasteiger partial charge in [-0.1, -0.05) is 6.92 Å². The molecule has 0 bridgehead atoms. The maximum Gasteiger partial charge on any atom is 0.0180 e. The molecule has 0 aliphatic heterocycles. The van der Waals surface area contributed by atoms with Crippen LogP contribution in [0.25, 0.3) is 0 Å². The van der Waals surface area contributed by atoms with Gasteiger partial charge in [0.1, 0.15) is 0 Å². The van der Waals surface area contributed by atoms with Crippen LogP contribution in [-0.2, 0) is 0 Å². The Labute approximate surface area is 100.0 Å². The molecule has 1 unspecified atom stereocenters. The molecule has 2 nitrogen and oxygen atoms in total. The topological polar surface area (TPSA) is 29.3 Å². The lowest BCUT2D eigenvalue weighted by Crippen LogP contribution is -2.36. The third kappa shape index (κ3) is 8.12. The standard InChI is InChI=1S/C12H28N2S/c1-6-11(10-15-5)14(4)9-7-8-12(2,3)13/h11H,6-10,13H2,1-5H3. The Kier molecular flexibility index (Phi) is 7.66. The van der Waals surface area contributed by atoms with Crippen molar-refractivity contribution < 1.29 is 0 Å². The molecule has 0 aliphatic rings. The number of rotatable bonds is 8. The van der Waals surface area contributed by atoms with Crippen molar-refractivity contribution >= 4 is 11.8 Å². The quantitative estimate of drug-likeness (QED) is 0.697. The highest BCUT2D eigenvalue weighted by Gasteiger charge is 2.14. The lowest BCUT2D eigenvalue weighted by atomic mass is 10.00. The third-order valence-electron chi connectivity index (χ3n) is 2.79. The predicted molar refractivity (Wildman–Crippen MR) is 72.6 cm³/mol. The Morgan fingerprint density at radius 2 is 2.00 bits per heavy atom. The number of nitrogens with two attached hydrogens (primary N) is 1. The Bertz CT molecular complexity index is 154. The van der Waals surface area contributed by atoms with Crippen molar-refractivity contribution in [2.24, 2.45) is 5.73 Å². The van der Waals surface area contributed by atoms with Gasteiger partial charge in [-0.15, -0.1) is 0 Å². The highest BCUT2D eigenvalue weighted by Crippen LogP contribution is 2.12. The maximum atomic E-state index is 5.97. The van der Waals surface area contributed by atoms with E-state index >= 15 is 0 Å². The van der Waals surface area contributed by atoms with E-state index in [-0.39, 0.29) is 5.54 Å². The molecule has 0 aromatic carbocycles. The Morgan fingerprint density at radius 1 is 1.40 bits per heavy atom. The van der Waals surface area contributed by atoms with Gasteiger partial charge in [0.2, 0.25) is 0 Å². The summed E-state index contributed by atoms with van der Waals surface area (Å²) >= 11 is 1.94. The second-order valence-corrected chi connectivity index (χ2v) is 6.00.